The maximum absolute atomic E-state index is 10.5. The predicted molar refractivity (Wildman–Crippen MR) is 73.3 cm³/mol. The van der Waals surface area contributed by atoms with Crippen LogP contribution >= 0.6 is 0 Å². The molecule has 19 heavy (non-hydrogen) atoms. The van der Waals surface area contributed by atoms with E-state index in [1.165, 1.54) is 0 Å². The molecule has 0 aliphatic heterocycles. The second-order valence-electron chi connectivity index (χ2n) is 4.72. The van der Waals surface area contributed by atoms with Gasteiger partial charge in [0, 0.05) is 18.0 Å². The molecule has 1 atom stereocenters. The molecule has 4 nitrogen and oxygen atoms in total. The topological polar surface area (TPSA) is 55.2 Å². The van der Waals surface area contributed by atoms with E-state index in [1.54, 1.807) is 19.5 Å². The Morgan fingerprint density at radius 2 is 1.68 bits per heavy atom. The van der Waals surface area contributed by atoms with Crippen LogP contribution in [0.4, 0.5) is 0 Å². The van der Waals surface area contributed by atoms with Gasteiger partial charge in [0.1, 0.15) is 11.9 Å². The van der Waals surface area contributed by atoms with Crippen molar-refractivity contribution in [1.29, 1.82) is 0 Å². The molecular formula is C15H18N2O2. The van der Waals surface area contributed by atoms with Crippen molar-refractivity contribution in [1.82, 2.24) is 9.97 Å². The average molecular weight is 258 g/mol. The SMILES string of the molecule is COc1cc(C)cc(C)c1C(O)c1ncc(C)cn1. The highest BCUT2D eigenvalue weighted by atomic mass is 16.5. The van der Waals surface area contributed by atoms with Crippen LogP contribution in [0, 0.1) is 20.8 Å². The molecule has 1 N–H and O–H groups in total. The lowest BCUT2D eigenvalue weighted by Gasteiger charge is -2.17. The fraction of sp³-hybridized carbons (Fsp3) is 0.333. The van der Waals surface area contributed by atoms with E-state index in [1.807, 2.05) is 32.9 Å². The number of hydrogen-bond acceptors (Lipinski definition) is 4. The number of aliphatic hydroxyl groups is 1. The molecular weight excluding hydrogens is 240 g/mol. The number of nitrogens with zero attached hydrogens (tertiary/aromatic N) is 2. The number of rotatable bonds is 3. The van der Waals surface area contributed by atoms with Crippen molar-refractivity contribution in [3.05, 3.63) is 52.6 Å². The van der Waals surface area contributed by atoms with Gasteiger partial charge in [0.05, 0.1) is 7.11 Å². The Morgan fingerprint density at radius 3 is 2.26 bits per heavy atom. The Morgan fingerprint density at radius 1 is 1.05 bits per heavy atom. The third kappa shape index (κ3) is 2.74. The summed E-state index contributed by atoms with van der Waals surface area (Å²) in [5.41, 5.74) is 3.74. The zero-order chi connectivity index (χ0) is 14.0. The Balaban J connectivity index is 2.49. The molecule has 0 aliphatic rings. The molecule has 0 amide bonds. The van der Waals surface area contributed by atoms with Crippen molar-refractivity contribution in [3.8, 4) is 5.75 Å². The van der Waals surface area contributed by atoms with Gasteiger partial charge < -0.3 is 9.84 Å². The molecule has 0 fully saturated rings. The summed E-state index contributed by atoms with van der Waals surface area (Å²) in [5.74, 6) is 1.05. The van der Waals surface area contributed by atoms with Gasteiger partial charge in [0.25, 0.3) is 0 Å². The van der Waals surface area contributed by atoms with E-state index in [2.05, 4.69) is 9.97 Å². The van der Waals surface area contributed by atoms with E-state index in [0.717, 1.165) is 22.3 Å². The van der Waals surface area contributed by atoms with E-state index < -0.39 is 6.10 Å². The van der Waals surface area contributed by atoms with Gasteiger partial charge in [-0.3, -0.25) is 0 Å². The number of ether oxygens (including phenoxy) is 1. The standard InChI is InChI=1S/C15H18N2O2/c1-9-5-11(3)13(12(6-9)19-4)14(18)15-16-7-10(2)8-17-15/h5-8,14,18H,1-4H3. The van der Waals surface area contributed by atoms with Crippen LogP contribution in [-0.4, -0.2) is 22.2 Å². The third-order valence-corrected chi connectivity index (χ3v) is 3.03. The van der Waals surface area contributed by atoms with Crippen LogP contribution in [0.3, 0.4) is 0 Å². The highest BCUT2D eigenvalue weighted by Gasteiger charge is 2.20. The summed E-state index contributed by atoms with van der Waals surface area (Å²) < 4.78 is 5.36. The normalized spacial score (nSPS) is 12.3. The second-order valence-corrected chi connectivity index (χ2v) is 4.72. The molecule has 0 bridgehead atoms. The molecule has 4 heteroatoms. The average Bonchev–Trinajstić information content (AvgIpc) is 2.38. The predicted octanol–water partition coefficient (Wildman–Crippen LogP) is 2.49. The molecule has 2 rings (SSSR count). The van der Waals surface area contributed by atoms with Crippen molar-refractivity contribution in [2.24, 2.45) is 0 Å². The second kappa shape index (κ2) is 5.36. The first kappa shape index (κ1) is 13.5. The summed E-state index contributed by atoms with van der Waals surface area (Å²) in [6.07, 6.45) is 2.51. The highest BCUT2D eigenvalue weighted by molar-refractivity contribution is 5.46. The molecule has 0 spiro atoms. The number of methoxy groups -OCH3 is 1. The van der Waals surface area contributed by atoms with Crippen LogP contribution in [0.2, 0.25) is 0 Å². The lowest BCUT2D eigenvalue weighted by atomic mass is 9.99. The number of aryl methyl sites for hydroxylation is 3. The molecule has 1 unspecified atom stereocenters. The maximum atomic E-state index is 10.5. The van der Waals surface area contributed by atoms with Gasteiger partial charge in [0.2, 0.25) is 0 Å². The lowest BCUT2D eigenvalue weighted by molar-refractivity contribution is 0.203. The summed E-state index contributed by atoms with van der Waals surface area (Å²) in [6, 6.07) is 3.91. The van der Waals surface area contributed by atoms with Gasteiger partial charge in [-0.05, 0) is 43.5 Å². The summed E-state index contributed by atoms with van der Waals surface area (Å²) in [6.45, 7) is 5.85. The molecule has 0 saturated carbocycles. The van der Waals surface area contributed by atoms with Crippen molar-refractivity contribution in [2.45, 2.75) is 26.9 Å². The minimum atomic E-state index is -0.879. The van der Waals surface area contributed by atoms with Crippen molar-refractivity contribution in [2.75, 3.05) is 7.11 Å². The first-order chi connectivity index (χ1) is 9.02. The van der Waals surface area contributed by atoms with Gasteiger partial charge in [0.15, 0.2) is 5.82 Å². The van der Waals surface area contributed by atoms with Crippen LogP contribution in [0.15, 0.2) is 24.5 Å². The van der Waals surface area contributed by atoms with Gasteiger partial charge in [-0.2, -0.15) is 0 Å². The van der Waals surface area contributed by atoms with Crippen LogP contribution in [-0.2, 0) is 0 Å². The van der Waals surface area contributed by atoms with Crippen molar-refractivity contribution < 1.29 is 9.84 Å². The Kier molecular flexibility index (Phi) is 3.81. The summed E-state index contributed by atoms with van der Waals surface area (Å²) >= 11 is 0. The van der Waals surface area contributed by atoms with Crippen LogP contribution in [0.25, 0.3) is 0 Å². The number of aliphatic hydroxyl groups excluding tert-OH is 1. The molecule has 1 heterocycles. The zero-order valence-corrected chi connectivity index (χ0v) is 11.6. The van der Waals surface area contributed by atoms with E-state index >= 15 is 0 Å². The van der Waals surface area contributed by atoms with E-state index in [9.17, 15) is 5.11 Å². The zero-order valence-electron chi connectivity index (χ0n) is 11.6. The van der Waals surface area contributed by atoms with E-state index in [-0.39, 0.29) is 0 Å². The molecule has 1 aromatic heterocycles. The molecule has 0 saturated heterocycles. The minimum Gasteiger partial charge on any atom is -0.496 e. The van der Waals surface area contributed by atoms with Crippen molar-refractivity contribution in [3.63, 3.8) is 0 Å². The Hall–Kier alpha value is -1.94. The van der Waals surface area contributed by atoms with E-state index in [0.29, 0.717) is 11.6 Å². The number of hydrogen-bond donors (Lipinski definition) is 1. The molecule has 1 aromatic carbocycles. The Labute approximate surface area is 113 Å². The molecule has 0 radical (unpaired) electrons. The summed E-state index contributed by atoms with van der Waals surface area (Å²) in [5, 5.41) is 10.5. The smallest absolute Gasteiger partial charge is 0.161 e. The van der Waals surface area contributed by atoms with Gasteiger partial charge in [-0.25, -0.2) is 9.97 Å². The molecule has 2 aromatic rings. The van der Waals surface area contributed by atoms with Gasteiger partial charge in [-0.15, -0.1) is 0 Å². The first-order valence-electron chi connectivity index (χ1n) is 6.14. The summed E-state index contributed by atoms with van der Waals surface area (Å²) in [7, 11) is 1.60. The third-order valence-electron chi connectivity index (χ3n) is 3.03. The lowest BCUT2D eigenvalue weighted by Crippen LogP contribution is -2.09. The van der Waals surface area contributed by atoms with Gasteiger partial charge >= 0.3 is 0 Å². The van der Waals surface area contributed by atoms with Crippen LogP contribution in [0.1, 0.15) is 34.2 Å². The fourth-order valence-electron chi connectivity index (χ4n) is 2.13. The summed E-state index contributed by atoms with van der Waals surface area (Å²) in [4.78, 5) is 8.35. The van der Waals surface area contributed by atoms with Crippen molar-refractivity contribution >= 4 is 0 Å². The largest absolute Gasteiger partial charge is 0.496 e. The molecule has 0 aliphatic carbocycles. The number of aromatic nitrogens is 2. The molecule has 100 valence electrons. The van der Waals surface area contributed by atoms with Gasteiger partial charge in [-0.1, -0.05) is 6.07 Å². The van der Waals surface area contributed by atoms with E-state index in [4.69, 9.17) is 4.74 Å². The van der Waals surface area contributed by atoms with Crippen LogP contribution in [0.5, 0.6) is 5.75 Å². The quantitative estimate of drug-likeness (QED) is 0.919. The maximum Gasteiger partial charge on any atom is 0.161 e. The Bertz CT molecular complexity index is 579. The highest BCUT2D eigenvalue weighted by Crippen LogP contribution is 2.32. The van der Waals surface area contributed by atoms with Crippen LogP contribution < -0.4 is 4.74 Å². The first-order valence-corrected chi connectivity index (χ1v) is 6.14. The number of benzene rings is 1. The fourth-order valence-corrected chi connectivity index (χ4v) is 2.13. The minimum absolute atomic E-state index is 0.385. The monoisotopic (exact) mass is 258 g/mol.